The number of hydrogen-bond donors (Lipinski definition) is 2. The van der Waals surface area contributed by atoms with Gasteiger partial charge in [0.25, 0.3) is 5.91 Å². The van der Waals surface area contributed by atoms with Crippen molar-refractivity contribution in [3.63, 3.8) is 0 Å². The van der Waals surface area contributed by atoms with E-state index in [0.717, 1.165) is 23.0 Å². The fourth-order valence-corrected chi connectivity index (χ4v) is 5.55. The van der Waals surface area contributed by atoms with Gasteiger partial charge in [-0.05, 0) is 44.5 Å². The summed E-state index contributed by atoms with van der Waals surface area (Å²) in [6.45, 7) is 5.17. The lowest BCUT2D eigenvalue weighted by Crippen LogP contribution is -2.19. The van der Waals surface area contributed by atoms with Crippen molar-refractivity contribution in [3.8, 4) is 11.3 Å². The minimum absolute atomic E-state index is 0.0630. The first kappa shape index (κ1) is 30.7. The molecule has 218 valence electrons. The number of benzene rings is 2. The van der Waals surface area contributed by atoms with Crippen LogP contribution in [0.2, 0.25) is 0 Å². The van der Waals surface area contributed by atoms with Crippen molar-refractivity contribution in [1.82, 2.24) is 9.97 Å². The fourth-order valence-electron chi connectivity index (χ4n) is 3.78. The molecule has 8 nitrogen and oxygen atoms in total. The van der Waals surface area contributed by atoms with Gasteiger partial charge < -0.3 is 15.4 Å². The van der Waals surface area contributed by atoms with E-state index < -0.39 is 29.7 Å². The van der Waals surface area contributed by atoms with Gasteiger partial charge in [-0.1, -0.05) is 59.8 Å². The van der Waals surface area contributed by atoms with Crippen LogP contribution in [-0.2, 0) is 15.7 Å². The monoisotopic (exact) mass is 614 g/mol. The number of amides is 2. The molecule has 2 aromatic carbocycles. The lowest BCUT2D eigenvalue weighted by Gasteiger charge is -2.11. The average Bonchev–Trinajstić information content (AvgIpc) is 3.27. The molecule has 0 unspecified atom stereocenters. The molecule has 13 heteroatoms. The Bertz CT molecular complexity index is 1610. The summed E-state index contributed by atoms with van der Waals surface area (Å²) in [7, 11) is 0. The van der Waals surface area contributed by atoms with Crippen LogP contribution in [0.15, 0.2) is 65.8 Å². The molecule has 0 radical (unpaired) electrons. The number of carbonyl (C=O) groups excluding carboxylic acids is 3. The van der Waals surface area contributed by atoms with Crippen LogP contribution in [0.3, 0.4) is 0 Å². The molecule has 42 heavy (non-hydrogen) atoms. The van der Waals surface area contributed by atoms with Gasteiger partial charge in [-0.15, -0.1) is 11.3 Å². The standard InChI is InChI=1S/C29H25F3N4O4S2/c1-4-40-27(39)24-17(3)23(25(38)33-19-8-6-5-7-9-19)26(42-24)36-22(37)15-41-28-34-20(14-21(35-28)29(30,31)32)18-12-10-16(2)11-13-18/h5-14H,4,15H2,1-3H3,(H,33,38)(H,36,37). The van der Waals surface area contributed by atoms with Crippen molar-refractivity contribution >= 4 is 51.6 Å². The molecular formula is C29H25F3N4O4S2. The van der Waals surface area contributed by atoms with E-state index in [0.29, 0.717) is 28.6 Å². The number of nitrogens with zero attached hydrogens (tertiary/aromatic N) is 2. The zero-order valence-corrected chi connectivity index (χ0v) is 24.3. The van der Waals surface area contributed by atoms with Gasteiger partial charge in [-0.3, -0.25) is 9.59 Å². The third kappa shape index (κ3) is 7.53. The number of anilines is 2. The molecule has 0 atom stereocenters. The molecular weight excluding hydrogens is 589 g/mol. The topological polar surface area (TPSA) is 110 Å². The first-order valence-corrected chi connectivity index (χ1v) is 14.4. The Morgan fingerprint density at radius 2 is 1.67 bits per heavy atom. The molecule has 2 amide bonds. The van der Waals surface area contributed by atoms with Crippen LogP contribution in [0.1, 0.15) is 43.8 Å². The number of alkyl halides is 3. The molecule has 0 saturated heterocycles. The summed E-state index contributed by atoms with van der Waals surface area (Å²) < 4.78 is 45.9. The van der Waals surface area contributed by atoms with Crippen molar-refractivity contribution in [2.24, 2.45) is 0 Å². The molecule has 4 rings (SSSR count). The predicted octanol–water partition coefficient (Wildman–Crippen LogP) is 7.00. The number of esters is 1. The zero-order valence-electron chi connectivity index (χ0n) is 22.7. The van der Waals surface area contributed by atoms with E-state index in [4.69, 9.17) is 4.74 Å². The summed E-state index contributed by atoms with van der Waals surface area (Å²) in [5.74, 6) is -2.20. The van der Waals surface area contributed by atoms with Crippen LogP contribution in [0, 0.1) is 13.8 Å². The normalized spacial score (nSPS) is 11.2. The Morgan fingerprint density at radius 3 is 2.31 bits per heavy atom. The van der Waals surface area contributed by atoms with Gasteiger partial charge >= 0.3 is 12.1 Å². The molecule has 0 aliphatic rings. The van der Waals surface area contributed by atoms with Crippen LogP contribution in [0.5, 0.6) is 0 Å². The second-order valence-corrected chi connectivity index (χ2v) is 10.9. The minimum atomic E-state index is -4.72. The molecule has 0 bridgehead atoms. The number of thiophene rings is 1. The van der Waals surface area contributed by atoms with Crippen molar-refractivity contribution in [2.45, 2.75) is 32.1 Å². The molecule has 0 aliphatic heterocycles. The van der Waals surface area contributed by atoms with Gasteiger partial charge in [0.1, 0.15) is 15.6 Å². The lowest BCUT2D eigenvalue weighted by atomic mass is 10.1. The maximum absolute atomic E-state index is 13.6. The fraction of sp³-hybridized carbons (Fsp3) is 0.207. The van der Waals surface area contributed by atoms with E-state index in [2.05, 4.69) is 20.6 Å². The number of rotatable bonds is 9. The number of ether oxygens (including phenoxy) is 1. The molecule has 4 aromatic rings. The molecule has 2 N–H and O–H groups in total. The van der Waals surface area contributed by atoms with E-state index in [9.17, 15) is 27.6 Å². The second kappa shape index (κ2) is 13.2. The Balaban J connectivity index is 1.58. The third-order valence-corrected chi connectivity index (χ3v) is 7.83. The summed E-state index contributed by atoms with van der Waals surface area (Å²) >= 11 is 1.58. The summed E-state index contributed by atoms with van der Waals surface area (Å²) in [6.07, 6.45) is -4.72. The zero-order chi connectivity index (χ0) is 30.4. The van der Waals surface area contributed by atoms with Gasteiger partial charge in [0, 0.05) is 11.3 Å². The highest BCUT2D eigenvalue weighted by Crippen LogP contribution is 2.35. The third-order valence-electron chi connectivity index (χ3n) is 5.80. The molecule has 2 aromatic heterocycles. The lowest BCUT2D eigenvalue weighted by molar-refractivity contribution is -0.141. The highest BCUT2D eigenvalue weighted by atomic mass is 32.2. The molecule has 0 saturated carbocycles. The quantitative estimate of drug-likeness (QED) is 0.119. The van der Waals surface area contributed by atoms with E-state index in [-0.39, 0.29) is 38.7 Å². The summed E-state index contributed by atoms with van der Waals surface area (Å²) in [5, 5.41) is 5.20. The number of hydrogen-bond acceptors (Lipinski definition) is 8. The Labute approximate surface area is 247 Å². The van der Waals surface area contributed by atoms with Crippen molar-refractivity contribution in [2.75, 3.05) is 23.0 Å². The van der Waals surface area contributed by atoms with Gasteiger partial charge in [0.2, 0.25) is 5.91 Å². The predicted molar refractivity (Wildman–Crippen MR) is 156 cm³/mol. The van der Waals surface area contributed by atoms with Gasteiger partial charge in [0.05, 0.1) is 23.6 Å². The number of aromatic nitrogens is 2. The van der Waals surface area contributed by atoms with Crippen molar-refractivity contribution < 1.29 is 32.3 Å². The minimum Gasteiger partial charge on any atom is -0.462 e. The summed E-state index contributed by atoms with van der Waals surface area (Å²) in [5.41, 5.74) is 1.22. The smallest absolute Gasteiger partial charge is 0.433 e. The van der Waals surface area contributed by atoms with Crippen LogP contribution in [0.4, 0.5) is 23.9 Å². The highest BCUT2D eigenvalue weighted by molar-refractivity contribution is 7.99. The number of carbonyl (C=O) groups is 3. The van der Waals surface area contributed by atoms with Crippen LogP contribution < -0.4 is 10.6 Å². The Morgan fingerprint density at radius 1 is 0.976 bits per heavy atom. The first-order chi connectivity index (χ1) is 20.0. The largest absolute Gasteiger partial charge is 0.462 e. The Kier molecular flexibility index (Phi) is 9.63. The van der Waals surface area contributed by atoms with E-state index >= 15 is 0 Å². The highest BCUT2D eigenvalue weighted by Gasteiger charge is 2.34. The van der Waals surface area contributed by atoms with Crippen molar-refractivity contribution in [1.29, 1.82) is 0 Å². The number of aryl methyl sites for hydroxylation is 1. The molecule has 0 aliphatic carbocycles. The van der Waals surface area contributed by atoms with E-state index in [1.54, 1.807) is 68.4 Å². The van der Waals surface area contributed by atoms with Gasteiger partial charge in [-0.2, -0.15) is 13.2 Å². The molecule has 0 fully saturated rings. The van der Waals surface area contributed by atoms with Gasteiger partial charge in [0.15, 0.2) is 5.16 Å². The van der Waals surface area contributed by atoms with Crippen molar-refractivity contribution in [3.05, 3.63) is 87.9 Å². The second-order valence-electron chi connectivity index (χ2n) is 8.92. The summed E-state index contributed by atoms with van der Waals surface area (Å²) in [6, 6.07) is 16.3. The Hall–Kier alpha value is -4.23. The van der Waals surface area contributed by atoms with Crippen LogP contribution >= 0.6 is 23.1 Å². The maximum atomic E-state index is 13.6. The van der Waals surface area contributed by atoms with E-state index in [1.807, 2.05) is 6.92 Å². The van der Waals surface area contributed by atoms with Crippen LogP contribution in [-0.4, -0.2) is 40.1 Å². The number of nitrogens with one attached hydrogen (secondary N) is 2. The molecule has 0 spiro atoms. The number of para-hydroxylation sites is 1. The molecule has 2 heterocycles. The summed E-state index contributed by atoms with van der Waals surface area (Å²) in [4.78, 5) is 46.6. The average molecular weight is 615 g/mol. The first-order valence-electron chi connectivity index (χ1n) is 12.6. The number of thioether (sulfide) groups is 1. The maximum Gasteiger partial charge on any atom is 0.433 e. The van der Waals surface area contributed by atoms with Crippen LogP contribution in [0.25, 0.3) is 11.3 Å². The van der Waals surface area contributed by atoms with E-state index in [1.165, 1.54) is 0 Å². The SMILES string of the molecule is CCOC(=O)c1sc(NC(=O)CSc2nc(-c3ccc(C)cc3)cc(C(F)(F)F)n2)c(C(=O)Nc2ccccc2)c1C. The number of halogens is 3. The van der Waals surface area contributed by atoms with Gasteiger partial charge in [-0.25, -0.2) is 14.8 Å².